The Kier molecular flexibility index (Phi) is 7.10. The Hall–Kier alpha value is -4.30. The Labute approximate surface area is 200 Å². The molecule has 4 aromatic rings. The van der Waals surface area contributed by atoms with E-state index in [1.807, 2.05) is 111 Å². The van der Waals surface area contributed by atoms with E-state index in [0.717, 1.165) is 22.3 Å². The van der Waals surface area contributed by atoms with Crippen molar-refractivity contribution in [3.05, 3.63) is 143 Å². The molecule has 4 rings (SSSR count). The summed E-state index contributed by atoms with van der Waals surface area (Å²) < 4.78 is 0. The van der Waals surface area contributed by atoms with Crippen molar-refractivity contribution in [2.24, 2.45) is 0 Å². The van der Waals surface area contributed by atoms with Gasteiger partial charge < -0.3 is 0 Å². The first-order valence-electron chi connectivity index (χ1n) is 11.3. The van der Waals surface area contributed by atoms with Crippen molar-refractivity contribution in [1.82, 2.24) is 0 Å². The van der Waals surface area contributed by atoms with Gasteiger partial charge in [0.05, 0.1) is 0 Å². The lowest BCUT2D eigenvalue weighted by atomic mass is 9.99. The summed E-state index contributed by atoms with van der Waals surface area (Å²) in [6, 6.07) is 35.0. The van der Waals surface area contributed by atoms with Crippen LogP contribution in [0.2, 0.25) is 0 Å². The lowest BCUT2D eigenvalue weighted by Gasteiger charge is -2.06. The van der Waals surface area contributed by atoms with Crippen molar-refractivity contribution in [2.45, 2.75) is 13.8 Å². The van der Waals surface area contributed by atoms with Gasteiger partial charge in [-0.05, 0) is 59.4 Å². The van der Waals surface area contributed by atoms with Crippen LogP contribution in [0.4, 0.5) is 0 Å². The van der Waals surface area contributed by atoms with Crippen molar-refractivity contribution in [3.63, 3.8) is 0 Å². The smallest absolute Gasteiger partial charge is 0.188 e. The molecule has 166 valence electrons. The Morgan fingerprint density at radius 3 is 1.12 bits per heavy atom. The predicted octanol–water partition coefficient (Wildman–Crippen LogP) is 7.93. The fourth-order valence-electron chi connectivity index (χ4n) is 3.81. The van der Waals surface area contributed by atoms with Gasteiger partial charge in [-0.2, -0.15) is 0 Å². The van der Waals surface area contributed by atoms with Crippen LogP contribution in [0.5, 0.6) is 0 Å². The summed E-state index contributed by atoms with van der Waals surface area (Å²) >= 11 is 0. The van der Waals surface area contributed by atoms with E-state index in [1.54, 1.807) is 0 Å². The van der Waals surface area contributed by atoms with Crippen LogP contribution >= 0.6 is 0 Å². The monoisotopic (exact) mass is 442 g/mol. The molecule has 0 amide bonds. The number of benzene rings is 4. The molecule has 0 atom stereocenters. The van der Waals surface area contributed by atoms with Crippen molar-refractivity contribution >= 4 is 23.7 Å². The van der Waals surface area contributed by atoms with Gasteiger partial charge in [-0.3, -0.25) is 9.59 Å². The molecule has 0 bridgehead atoms. The van der Waals surface area contributed by atoms with Crippen LogP contribution in [0.3, 0.4) is 0 Å². The molecule has 2 nitrogen and oxygen atoms in total. The highest BCUT2D eigenvalue weighted by atomic mass is 16.1. The molecule has 2 heteroatoms. The van der Waals surface area contributed by atoms with Gasteiger partial charge >= 0.3 is 0 Å². The molecular weight excluding hydrogens is 416 g/mol. The first-order chi connectivity index (χ1) is 16.5. The minimum atomic E-state index is 0.0364. The molecule has 0 aliphatic rings. The van der Waals surface area contributed by atoms with Crippen molar-refractivity contribution < 1.29 is 9.59 Å². The summed E-state index contributed by atoms with van der Waals surface area (Å²) in [5.41, 5.74) is 6.96. The van der Waals surface area contributed by atoms with Gasteiger partial charge in [0.1, 0.15) is 0 Å². The van der Waals surface area contributed by atoms with E-state index in [9.17, 15) is 9.59 Å². The van der Waals surface area contributed by atoms with Crippen LogP contribution in [-0.4, -0.2) is 11.6 Å². The number of carbonyl (C=O) groups is 2. The third-order valence-corrected chi connectivity index (χ3v) is 5.71. The van der Waals surface area contributed by atoms with Gasteiger partial charge in [0.25, 0.3) is 0 Å². The second-order valence-corrected chi connectivity index (χ2v) is 8.29. The molecule has 0 aromatic heterocycles. The number of Topliss-reactive ketones (excluding diaryl/α,β-unsaturated/α-hetero) is 2. The topological polar surface area (TPSA) is 34.1 Å². The number of carbonyl (C=O) groups excluding carboxylic acids is 2. The van der Waals surface area contributed by atoms with Crippen LogP contribution in [0.1, 0.15) is 45.7 Å². The predicted molar refractivity (Wildman–Crippen MR) is 141 cm³/mol. The van der Waals surface area contributed by atoms with Gasteiger partial charge in [-0.15, -0.1) is 0 Å². The third kappa shape index (κ3) is 5.54. The average Bonchev–Trinajstić information content (AvgIpc) is 2.89. The Bertz CT molecular complexity index is 1230. The third-order valence-electron chi connectivity index (χ3n) is 5.71. The zero-order valence-corrected chi connectivity index (χ0v) is 19.4. The maximum atomic E-state index is 12.6. The first-order valence-corrected chi connectivity index (χ1v) is 11.3. The summed E-state index contributed by atoms with van der Waals surface area (Å²) in [4.78, 5) is 25.1. The van der Waals surface area contributed by atoms with Crippen LogP contribution in [0.15, 0.2) is 120 Å². The molecule has 0 N–H and O–H groups in total. The van der Waals surface area contributed by atoms with E-state index in [-0.39, 0.29) is 11.6 Å². The summed E-state index contributed by atoms with van der Waals surface area (Å²) in [6.07, 6.45) is 3.83. The molecule has 0 saturated heterocycles. The maximum absolute atomic E-state index is 12.6. The van der Waals surface area contributed by atoms with Gasteiger partial charge in [0.2, 0.25) is 0 Å². The molecular formula is C32H26O2. The SMILES string of the molecule is CC(=Cc1ccc(-c2ccc(C=C(C)C(=O)c3ccccc3)cc2)cc1)C(=O)c1ccccc1. The molecule has 0 radical (unpaired) electrons. The summed E-state index contributed by atoms with van der Waals surface area (Å²) in [5.74, 6) is 0.0729. The fraction of sp³-hybridized carbons (Fsp3) is 0.0625. The van der Waals surface area contributed by atoms with E-state index >= 15 is 0 Å². The zero-order chi connectivity index (χ0) is 23.9. The molecule has 34 heavy (non-hydrogen) atoms. The summed E-state index contributed by atoms with van der Waals surface area (Å²) in [5, 5.41) is 0. The van der Waals surface area contributed by atoms with Gasteiger partial charge in [0, 0.05) is 11.1 Å². The van der Waals surface area contributed by atoms with Crippen molar-refractivity contribution in [2.75, 3.05) is 0 Å². The molecule has 0 heterocycles. The maximum Gasteiger partial charge on any atom is 0.188 e. The van der Waals surface area contributed by atoms with Gasteiger partial charge in [0.15, 0.2) is 11.6 Å². The quantitative estimate of drug-likeness (QED) is 0.215. The molecule has 4 aromatic carbocycles. The fourth-order valence-corrected chi connectivity index (χ4v) is 3.81. The Balaban J connectivity index is 1.46. The number of rotatable bonds is 7. The first kappa shape index (κ1) is 22.9. The van der Waals surface area contributed by atoms with E-state index in [2.05, 4.69) is 24.3 Å². The second kappa shape index (κ2) is 10.5. The molecule has 0 aliphatic carbocycles. The molecule has 0 spiro atoms. The molecule has 0 unspecified atom stereocenters. The van der Waals surface area contributed by atoms with Crippen LogP contribution in [0, 0.1) is 0 Å². The van der Waals surface area contributed by atoms with E-state index in [4.69, 9.17) is 0 Å². The average molecular weight is 443 g/mol. The van der Waals surface area contributed by atoms with Crippen LogP contribution in [0.25, 0.3) is 23.3 Å². The minimum absolute atomic E-state index is 0.0364. The van der Waals surface area contributed by atoms with Crippen molar-refractivity contribution in [3.8, 4) is 11.1 Å². The Morgan fingerprint density at radius 1 is 0.471 bits per heavy atom. The Morgan fingerprint density at radius 2 is 0.794 bits per heavy atom. The lowest BCUT2D eigenvalue weighted by Crippen LogP contribution is -1.99. The number of hydrogen-bond donors (Lipinski definition) is 0. The zero-order valence-electron chi connectivity index (χ0n) is 19.4. The van der Waals surface area contributed by atoms with Crippen molar-refractivity contribution in [1.29, 1.82) is 0 Å². The van der Waals surface area contributed by atoms with Crippen LogP contribution in [-0.2, 0) is 0 Å². The van der Waals surface area contributed by atoms with E-state index in [1.165, 1.54) is 0 Å². The molecule has 0 fully saturated rings. The number of allylic oxidation sites excluding steroid dienone is 2. The van der Waals surface area contributed by atoms with Crippen LogP contribution < -0.4 is 0 Å². The number of hydrogen-bond acceptors (Lipinski definition) is 2. The van der Waals surface area contributed by atoms with Gasteiger partial charge in [-0.1, -0.05) is 109 Å². The minimum Gasteiger partial charge on any atom is -0.289 e. The lowest BCUT2D eigenvalue weighted by molar-refractivity contribution is 0.102. The van der Waals surface area contributed by atoms with E-state index < -0.39 is 0 Å². The molecule has 0 saturated carbocycles. The highest BCUT2D eigenvalue weighted by molar-refractivity contribution is 6.11. The molecule has 0 aliphatic heterocycles. The number of ketones is 2. The highest BCUT2D eigenvalue weighted by Crippen LogP contribution is 2.23. The normalized spacial score (nSPS) is 11.8. The van der Waals surface area contributed by atoms with E-state index in [0.29, 0.717) is 22.3 Å². The summed E-state index contributed by atoms with van der Waals surface area (Å²) in [7, 11) is 0. The summed E-state index contributed by atoms with van der Waals surface area (Å²) in [6.45, 7) is 3.69. The largest absolute Gasteiger partial charge is 0.289 e. The van der Waals surface area contributed by atoms with Gasteiger partial charge in [-0.25, -0.2) is 0 Å². The second-order valence-electron chi connectivity index (χ2n) is 8.29. The standard InChI is InChI=1S/C32H26O2/c1-23(31(33)29-9-5-3-6-10-29)21-25-13-17-27(18-14-25)28-19-15-26(16-20-28)22-24(2)32(34)30-11-7-4-8-12-30/h3-22H,1-2H3. The highest BCUT2D eigenvalue weighted by Gasteiger charge is 2.08.